The van der Waals surface area contributed by atoms with E-state index in [0.717, 1.165) is 50.3 Å². The van der Waals surface area contributed by atoms with Gasteiger partial charge >= 0.3 is 0 Å². The zero-order valence-corrected chi connectivity index (χ0v) is 12.6. The van der Waals surface area contributed by atoms with E-state index in [1.807, 2.05) is 19.1 Å². The van der Waals surface area contributed by atoms with Crippen LogP contribution in [0.2, 0.25) is 0 Å². The molecular weight excluding hydrogens is 268 g/mol. The topological polar surface area (TPSA) is 66.6 Å². The highest BCUT2D eigenvalue weighted by Crippen LogP contribution is 2.34. The monoisotopic (exact) mass is 292 g/mol. The number of hydrogen-bond acceptors (Lipinski definition) is 5. The van der Waals surface area contributed by atoms with E-state index in [-0.39, 0.29) is 17.7 Å². The van der Waals surface area contributed by atoms with Gasteiger partial charge in [-0.2, -0.15) is 0 Å². The van der Waals surface area contributed by atoms with Gasteiger partial charge in [-0.15, -0.1) is 0 Å². The molecule has 0 aromatic carbocycles. The second kappa shape index (κ2) is 6.30. The van der Waals surface area contributed by atoms with Crippen LogP contribution < -0.4 is 10.5 Å². The maximum absolute atomic E-state index is 6.07. The molecule has 2 saturated heterocycles. The van der Waals surface area contributed by atoms with Crippen LogP contribution in [0, 0.1) is 0 Å². The Kier molecular flexibility index (Phi) is 4.42. The van der Waals surface area contributed by atoms with Crippen LogP contribution in [-0.4, -0.2) is 42.6 Å². The maximum Gasteiger partial charge on any atom is 0.138 e. The highest BCUT2D eigenvalue weighted by Gasteiger charge is 2.41. The van der Waals surface area contributed by atoms with Gasteiger partial charge in [0.25, 0.3) is 0 Å². The van der Waals surface area contributed by atoms with Gasteiger partial charge in [-0.25, -0.2) is 0 Å². The van der Waals surface area contributed by atoms with Crippen molar-refractivity contribution in [3.63, 3.8) is 0 Å². The molecule has 3 atom stereocenters. The smallest absolute Gasteiger partial charge is 0.138 e. The molecule has 3 heterocycles. The summed E-state index contributed by atoms with van der Waals surface area (Å²) < 4.78 is 17.5. The first-order chi connectivity index (χ1) is 10.2. The lowest BCUT2D eigenvalue weighted by Gasteiger charge is -2.36. The fraction of sp³-hybridized carbons (Fsp3) is 0.688. The lowest BCUT2D eigenvalue weighted by atomic mass is 9.91. The molecule has 0 bridgehead atoms. The minimum atomic E-state index is -0.120. The van der Waals surface area contributed by atoms with Gasteiger partial charge < -0.3 is 19.9 Å². The molecule has 1 spiro atoms. The quantitative estimate of drug-likeness (QED) is 0.914. The van der Waals surface area contributed by atoms with Crippen molar-refractivity contribution in [1.29, 1.82) is 0 Å². The summed E-state index contributed by atoms with van der Waals surface area (Å²) in [6.45, 7) is 4.21. The Labute approximate surface area is 125 Å². The van der Waals surface area contributed by atoms with Crippen molar-refractivity contribution in [2.24, 2.45) is 5.73 Å². The molecule has 0 saturated carbocycles. The number of hydrogen-bond donors (Lipinski definition) is 1. The normalized spacial score (nSPS) is 30.5. The molecule has 5 nitrogen and oxygen atoms in total. The van der Waals surface area contributed by atoms with Crippen molar-refractivity contribution in [2.45, 2.75) is 50.4 Å². The average Bonchev–Trinajstić information content (AvgIpc) is 2.88. The summed E-state index contributed by atoms with van der Waals surface area (Å²) in [4.78, 5) is 4.41. The fourth-order valence-corrected chi connectivity index (χ4v) is 3.07. The first-order valence-corrected chi connectivity index (χ1v) is 7.74. The molecule has 1 aromatic rings. The SMILES string of the molecule is CC(N)Cc1ccc(OC2CCOC3(CCOC3)C2)cn1. The predicted molar refractivity (Wildman–Crippen MR) is 79.4 cm³/mol. The zero-order chi connectivity index (χ0) is 14.7. The Morgan fingerprint density at radius 3 is 3.05 bits per heavy atom. The van der Waals surface area contributed by atoms with Crippen LogP contribution in [0.3, 0.4) is 0 Å². The van der Waals surface area contributed by atoms with Crippen molar-refractivity contribution in [3.8, 4) is 5.75 Å². The van der Waals surface area contributed by atoms with Gasteiger partial charge in [-0.1, -0.05) is 0 Å². The number of rotatable bonds is 4. The van der Waals surface area contributed by atoms with Crippen LogP contribution in [0.15, 0.2) is 18.3 Å². The lowest BCUT2D eigenvalue weighted by molar-refractivity contribution is -0.112. The summed E-state index contributed by atoms with van der Waals surface area (Å²) in [6, 6.07) is 4.10. The first-order valence-electron chi connectivity index (χ1n) is 7.74. The summed E-state index contributed by atoms with van der Waals surface area (Å²) >= 11 is 0. The number of pyridine rings is 1. The third kappa shape index (κ3) is 3.73. The van der Waals surface area contributed by atoms with E-state index in [0.29, 0.717) is 6.61 Å². The molecule has 2 aliphatic heterocycles. The fourth-order valence-electron chi connectivity index (χ4n) is 3.07. The molecule has 0 radical (unpaired) electrons. The van der Waals surface area contributed by atoms with Crippen molar-refractivity contribution in [1.82, 2.24) is 4.98 Å². The molecular formula is C16H24N2O3. The zero-order valence-electron chi connectivity index (χ0n) is 12.6. The summed E-state index contributed by atoms with van der Waals surface area (Å²) in [5.41, 5.74) is 6.67. The molecule has 21 heavy (non-hydrogen) atoms. The standard InChI is InChI=1S/C16H24N2O3/c1-12(17)8-13-2-3-15(10-18-13)21-14-4-6-20-16(9-14)5-7-19-11-16/h2-3,10,12,14H,4-9,11,17H2,1H3. The van der Waals surface area contributed by atoms with Crippen LogP contribution in [-0.2, 0) is 15.9 Å². The lowest BCUT2D eigenvalue weighted by Crippen LogP contribution is -2.44. The van der Waals surface area contributed by atoms with Gasteiger partial charge in [0.2, 0.25) is 0 Å². The second-order valence-electron chi connectivity index (χ2n) is 6.23. The van der Waals surface area contributed by atoms with Crippen LogP contribution >= 0.6 is 0 Å². The number of nitrogens with zero attached hydrogens (tertiary/aromatic N) is 1. The van der Waals surface area contributed by atoms with Gasteiger partial charge in [0.1, 0.15) is 11.9 Å². The molecule has 3 rings (SSSR count). The number of aromatic nitrogens is 1. The molecule has 0 aliphatic carbocycles. The summed E-state index contributed by atoms with van der Waals surface area (Å²) in [7, 11) is 0. The van der Waals surface area contributed by atoms with Gasteiger partial charge in [0, 0.05) is 44.0 Å². The maximum atomic E-state index is 6.07. The molecule has 0 amide bonds. The van der Waals surface area contributed by atoms with Crippen LogP contribution in [0.1, 0.15) is 31.9 Å². The van der Waals surface area contributed by atoms with E-state index in [1.165, 1.54) is 0 Å². The summed E-state index contributed by atoms with van der Waals surface area (Å²) in [5, 5.41) is 0. The van der Waals surface area contributed by atoms with Crippen molar-refractivity contribution < 1.29 is 14.2 Å². The Morgan fingerprint density at radius 1 is 1.48 bits per heavy atom. The van der Waals surface area contributed by atoms with Crippen LogP contribution in [0.4, 0.5) is 0 Å². The predicted octanol–water partition coefficient (Wildman–Crippen LogP) is 1.69. The molecule has 5 heteroatoms. The van der Waals surface area contributed by atoms with Gasteiger partial charge in [0.05, 0.1) is 25.0 Å². The second-order valence-corrected chi connectivity index (χ2v) is 6.23. The first kappa shape index (κ1) is 14.8. The Morgan fingerprint density at radius 2 is 2.38 bits per heavy atom. The molecule has 2 aliphatic rings. The van der Waals surface area contributed by atoms with E-state index >= 15 is 0 Å². The van der Waals surface area contributed by atoms with Gasteiger partial charge in [-0.3, -0.25) is 4.98 Å². The van der Waals surface area contributed by atoms with E-state index in [2.05, 4.69) is 4.98 Å². The molecule has 1 aromatic heterocycles. The van der Waals surface area contributed by atoms with E-state index < -0.39 is 0 Å². The molecule has 2 N–H and O–H groups in total. The minimum Gasteiger partial charge on any atom is -0.489 e. The molecule has 3 unspecified atom stereocenters. The summed E-state index contributed by atoms with van der Waals surface area (Å²) in [6.07, 6.45) is 5.56. The van der Waals surface area contributed by atoms with E-state index in [1.54, 1.807) is 6.20 Å². The van der Waals surface area contributed by atoms with Crippen LogP contribution in [0.5, 0.6) is 5.75 Å². The third-order valence-electron chi connectivity index (χ3n) is 4.15. The number of ether oxygens (including phenoxy) is 3. The Hall–Kier alpha value is -1.17. The Balaban J connectivity index is 1.58. The van der Waals surface area contributed by atoms with Crippen LogP contribution in [0.25, 0.3) is 0 Å². The molecule has 2 fully saturated rings. The largest absolute Gasteiger partial charge is 0.489 e. The number of nitrogens with two attached hydrogens (primary N) is 1. The van der Waals surface area contributed by atoms with Gasteiger partial charge in [-0.05, 0) is 19.1 Å². The van der Waals surface area contributed by atoms with E-state index in [9.17, 15) is 0 Å². The molecule has 116 valence electrons. The Bertz CT molecular complexity index is 455. The highest BCUT2D eigenvalue weighted by atomic mass is 16.6. The highest BCUT2D eigenvalue weighted by molar-refractivity contribution is 5.20. The average molecular weight is 292 g/mol. The summed E-state index contributed by atoms with van der Waals surface area (Å²) in [5.74, 6) is 0.824. The third-order valence-corrected chi connectivity index (χ3v) is 4.15. The van der Waals surface area contributed by atoms with Gasteiger partial charge in [0.15, 0.2) is 0 Å². The minimum absolute atomic E-state index is 0.120. The van der Waals surface area contributed by atoms with E-state index in [4.69, 9.17) is 19.9 Å². The van der Waals surface area contributed by atoms with Crippen molar-refractivity contribution in [2.75, 3.05) is 19.8 Å². The van der Waals surface area contributed by atoms with Crippen molar-refractivity contribution in [3.05, 3.63) is 24.0 Å². The van der Waals surface area contributed by atoms with Crippen molar-refractivity contribution >= 4 is 0 Å².